The fourth-order valence-corrected chi connectivity index (χ4v) is 4.30. The van der Waals surface area contributed by atoms with Crippen molar-refractivity contribution in [3.8, 4) is 0 Å². The number of rotatable bonds is 3. The van der Waals surface area contributed by atoms with E-state index < -0.39 is 12.6 Å². The lowest BCUT2D eigenvalue weighted by atomic mass is 10.2. The molecule has 3 unspecified atom stereocenters. The van der Waals surface area contributed by atoms with Gasteiger partial charge in [0.25, 0.3) is 0 Å². The Kier molecular flexibility index (Phi) is 5.04. The molecule has 1 nitrogen and oxygen atoms in total. The predicted molar refractivity (Wildman–Crippen MR) is 63.1 cm³/mol. The fourth-order valence-electron chi connectivity index (χ4n) is 1.38. The van der Waals surface area contributed by atoms with Crippen molar-refractivity contribution in [2.24, 2.45) is 0 Å². The molecule has 0 aromatic carbocycles. The summed E-state index contributed by atoms with van der Waals surface area (Å²) in [7, 11) is 0. The minimum absolute atomic E-state index is 0.251. The van der Waals surface area contributed by atoms with Crippen LogP contribution in [0.5, 0.6) is 0 Å². The maximum atomic E-state index is 12.0. The average molecular weight is 272 g/mol. The molecule has 0 saturated carbocycles. The second-order valence-electron chi connectivity index (χ2n) is 3.95. The van der Waals surface area contributed by atoms with Gasteiger partial charge in [-0.25, -0.2) is 0 Å². The van der Waals surface area contributed by atoms with Crippen LogP contribution in [-0.2, 0) is 4.79 Å². The smallest absolute Gasteiger partial charge is 0.298 e. The van der Waals surface area contributed by atoms with Gasteiger partial charge in [-0.15, -0.1) is 11.8 Å². The maximum Gasteiger partial charge on any atom is 0.389 e. The van der Waals surface area contributed by atoms with E-state index in [1.165, 1.54) is 11.8 Å². The normalized spacial score (nSPS) is 31.4. The third-order valence-electron chi connectivity index (χ3n) is 2.56. The molecule has 0 bridgehead atoms. The Hall–Kier alpha value is 0.160. The van der Waals surface area contributed by atoms with Gasteiger partial charge in [0.2, 0.25) is 0 Å². The molecule has 1 aliphatic rings. The summed E-state index contributed by atoms with van der Waals surface area (Å²) in [5.41, 5.74) is 0. The Morgan fingerprint density at radius 2 is 1.94 bits per heavy atom. The van der Waals surface area contributed by atoms with Crippen LogP contribution in [0.2, 0.25) is 0 Å². The molecule has 0 aromatic rings. The minimum atomic E-state index is -4.22. The predicted octanol–water partition coefficient (Wildman–Crippen LogP) is 3.52. The minimum Gasteiger partial charge on any atom is -0.298 e. The van der Waals surface area contributed by atoms with E-state index in [0.717, 1.165) is 0 Å². The molecule has 1 aliphatic heterocycles. The molecule has 16 heavy (non-hydrogen) atoms. The average Bonchev–Trinajstić information content (AvgIpc) is 2.17. The van der Waals surface area contributed by atoms with Crippen LogP contribution in [0.25, 0.3) is 0 Å². The van der Waals surface area contributed by atoms with E-state index in [0.29, 0.717) is 16.3 Å². The van der Waals surface area contributed by atoms with E-state index in [9.17, 15) is 18.0 Å². The van der Waals surface area contributed by atoms with Gasteiger partial charge in [0.15, 0.2) is 0 Å². The van der Waals surface area contributed by atoms with Gasteiger partial charge in [0.05, 0.1) is 11.7 Å². The summed E-state index contributed by atoms with van der Waals surface area (Å²) >= 11 is 3.19. The first-order chi connectivity index (χ1) is 7.29. The topological polar surface area (TPSA) is 17.1 Å². The zero-order chi connectivity index (χ0) is 12.3. The Morgan fingerprint density at radius 1 is 1.31 bits per heavy atom. The molecule has 0 amide bonds. The van der Waals surface area contributed by atoms with E-state index in [1.54, 1.807) is 11.8 Å². The molecular formula is C10H15F3OS2. The maximum absolute atomic E-state index is 12.0. The van der Waals surface area contributed by atoms with Crippen LogP contribution in [0.3, 0.4) is 0 Å². The summed E-state index contributed by atoms with van der Waals surface area (Å²) in [6, 6.07) is 0. The summed E-state index contributed by atoms with van der Waals surface area (Å²) in [5.74, 6) is 0.390. The molecule has 0 aromatic heterocycles. The highest BCUT2D eigenvalue weighted by atomic mass is 32.2. The second kappa shape index (κ2) is 5.67. The highest BCUT2D eigenvalue weighted by Crippen LogP contribution is 2.37. The number of Topliss-reactive ketones (excluding diaryl/α,β-unsaturated/α-hetero) is 1. The van der Waals surface area contributed by atoms with Gasteiger partial charge in [-0.1, -0.05) is 13.8 Å². The van der Waals surface area contributed by atoms with E-state index >= 15 is 0 Å². The van der Waals surface area contributed by atoms with Crippen molar-refractivity contribution in [2.75, 3.05) is 5.75 Å². The van der Waals surface area contributed by atoms with Gasteiger partial charge >= 0.3 is 6.18 Å². The molecule has 1 saturated heterocycles. The number of hydrogen-bond donors (Lipinski definition) is 0. The van der Waals surface area contributed by atoms with Crippen molar-refractivity contribution < 1.29 is 18.0 Å². The lowest BCUT2D eigenvalue weighted by molar-refractivity contribution is -0.142. The third-order valence-corrected chi connectivity index (χ3v) is 6.00. The summed E-state index contributed by atoms with van der Waals surface area (Å²) in [5, 5.41) is 0.550. The lowest BCUT2D eigenvalue weighted by Gasteiger charge is -2.30. The van der Waals surface area contributed by atoms with Gasteiger partial charge < -0.3 is 0 Å². The van der Waals surface area contributed by atoms with Crippen LogP contribution >= 0.6 is 23.5 Å². The molecular weight excluding hydrogens is 257 g/mol. The zero-order valence-corrected chi connectivity index (χ0v) is 10.8. The molecule has 94 valence electrons. The van der Waals surface area contributed by atoms with Crippen molar-refractivity contribution in [3.05, 3.63) is 0 Å². The van der Waals surface area contributed by atoms with Crippen LogP contribution in [0.4, 0.5) is 13.2 Å². The molecule has 1 heterocycles. The summed E-state index contributed by atoms with van der Waals surface area (Å²) in [6.07, 6.45) is -5.58. The van der Waals surface area contributed by atoms with Crippen LogP contribution in [0, 0.1) is 0 Å². The Balaban J connectivity index is 2.38. The number of ketones is 1. The van der Waals surface area contributed by atoms with Crippen LogP contribution in [0.1, 0.15) is 26.7 Å². The number of alkyl halides is 3. The number of thioether (sulfide) groups is 2. The molecule has 6 heteroatoms. The molecule has 0 spiro atoms. The molecule has 3 atom stereocenters. The highest BCUT2D eigenvalue weighted by molar-refractivity contribution is 8.08. The Morgan fingerprint density at radius 3 is 2.44 bits per heavy atom. The van der Waals surface area contributed by atoms with Gasteiger partial charge in [-0.2, -0.15) is 24.9 Å². The molecule has 1 rings (SSSR count). The molecule has 0 N–H and O–H groups in total. The first-order valence-corrected chi connectivity index (χ1v) is 7.15. The van der Waals surface area contributed by atoms with Crippen molar-refractivity contribution in [2.45, 2.75) is 48.6 Å². The lowest BCUT2D eigenvalue weighted by Crippen LogP contribution is -2.32. The molecule has 0 radical (unpaired) electrons. The summed E-state index contributed by atoms with van der Waals surface area (Å²) in [4.78, 5) is 11.6. The Bertz CT molecular complexity index is 255. The van der Waals surface area contributed by atoms with Gasteiger partial charge in [-0.3, -0.25) is 4.79 Å². The van der Waals surface area contributed by atoms with Gasteiger partial charge in [0, 0.05) is 22.7 Å². The SMILES string of the molecule is CC1SCC(C(=O)CCC(F)(F)F)SC1C. The quantitative estimate of drug-likeness (QED) is 0.782. The second-order valence-corrected chi connectivity index (χ2v) is 6.94. The number of halogens is 3. The van der Waals surface area contributed by atoms with Crippen molar-refractivity contribution in [1.29, 1.82) is 0 Å². The van der Waals surface area contributed by atoms with Crippen molar-refractivity contribution in [3.63, 3.8) is 0 Å². The van der Waals surface area contributed by atoms with E-state index in [-0.39, 0.29) is 17.5 Å². The van der Waals surface area contributed by atoms with Gasteiger partial charge in [0.1, 0.15) is 5.78 Å². The van der Waals surface area contributed by atoms with E-state index in [2.05, 4.69) is 6.92 Å². The highest BCUT2D eigenvalue weighted by Gasteiger charge is 2.33. The largest absolute Gasteiger partial charge is 0.389 e. The number of hydrogen-bond acceptors (Lipinski definition) is 3. The van der Waals surface area contributed by atoms with Crippen LogP contribution < -0.4 is 0 Å². The van der Waals surface area contributed by atoms with E-state index in [4.69, 9.17) is 0 Å². The van der Waals surface area contributed by atoms with Crippen molar-refractivity contribution >= 4 is 29.3 Å². The summed E-state index contributed by atoms with van der Waals surface area (Å²) < 4.78 is 35.9. The van der Waals surface area contributed by atoms with Crippen LogP contribution in [-0.4, -0.2) is 33.5 Å². The number of carbonyl (C=O) groups excluding carboxylic acids is 1. The fraction of sp³-hybridized carbons (Fsp3) is 0.900. The van der Waals surface area contributed by atoms with Crippen molar-refractivity contribution in [1.82, 2.24) is 0 Å². The number of carbonyl (C=O) groups is 1. The van der Waals surface area contributed by atoms with E-state index in [1.807, 2.05) is 6.92 Å². The first kappa shape index (κ1) is 14.2. The zero-order valence-electron chi connectivity index (χ0n) is 9.21. The first-order valence-electron chi connectivity index (χ1n) is 5.16. The monoisotopic (exact) mass is 272 g/mol. The molecule has 0 aliphatic carbocycles. The van der Waals surface area contributed by atoms with Crippen LogP contribution in [0.15, 0.2) is 0 Å². The standard InChI is InChI=1S/C10H15F3OS2/c1-6-7(2)16-9(5-15-6)8(14)3-4-10(11,12)13/h6-7,9H,3-5H2,1-2H3. The summed E-state index contributed by atoms with van der Waals surface area (Å²) in [6.45, 7) is 4.10. The van der Waals surface area contributed by atoms with Gasteiger partial charge in [-0.05, 0) is 0 Å². The molecule has 1 fully saturated rings. The third kappa shape index (κ3) is 4.57. The Labute approximate surface area is 102 Å².